The Morgan fingerprint density at radius 1 is 1.18 bits per heavy atom. The lowest BCUT2D eigenvalue weighted by atomic mass is 9.96. The molecular formula is C22H22BrN3O7. The summed E-state index contributed by atoms with van der Waals surface area (Å²) in [7, 11) is 0. The number of hydrogen-bond acceptors (Lipinski definition) is 8. The average Bonchev–Trinajstić information content (AvgIpc) is 2.80. The van der Waals surface area contributed by atoms with Gasteiger partial charge in [0.2, 0.25) is 0 Å². The normalized spacial score (nSPS) is 26.6. The maximum absolute atomic E-state index is 12.3. The molecule has 10 nitrogen and oxygen atoms in total. The zero-order valence-corrected chi connectivity index (χ0v) is 19.2. The van der Waals surface area contributed by atoms with Gasteiger partial charge in [0.25, 0.3) is 4.70 Å². The number of alkyl halides is 1. The van der Waals surface area contributed by atoms with Gasteiger partial charge in [-0.15, -0.1) is 0 Å². The Kier molecular flexibility index (Phi) is 8.43. The molecule has 0 saturated carbocycles. The summed E-state index contributed by atoms with van der Waals surface area (Å²) in [5, 5.41) is 14.6. The van der Waals surface area contributed by atoms with E-state index in [0.29, 0.717) is 5.56 Å². The van der Waals surface area contributed by atoms with Gasteiger partial charge in [-0.2, -0.15) is 0 Å². The molecule has 0 aromatic heterocycles. The van der Waals surface area contributed by atoms with Gasteiger partial charge in [0.15, 0.2) is 0 Å². The third-order valence-corrected chi connectivity index (χ3v) is 5.47. The van der Waals surface area contributed by atoms with Crippen LogP contribution in [0.25, 0.3) is 10.4 Å². The predicted octanol–water partition coefficient (Wildman–Crippen LogP) is 3.48. The smallest absolute Gasteiger partial charge is 0.338 e. The first-order valence-corrected chi connectivity index (χ1v) is 10.8. The molecule has 33 heavy (non-hydrogen) atoms. The Bertz CT molecular complexity index is 1000. The second-order valence-electron chi connectivity index (χ2n) is 7.22. The largest absolute Gasteiger partial charge is 0.459 e. The molecule has 174 valence electrons. The minimum Gasteiger partial charge on any atom is -0.459 e. The van der Waals surface area contributed by atoms with Crippen LogP contribution in [0.2, 0.25) is 0 Å². The molecule has 0 spiro atoms. The second-order valence-corrected chi connectivity index (χ2v) is 8.35. The molecule has 0 radical (unpaired) electrons. The van der Waals surface area contributed by atoms with Gasteiger partial charge in [0.1, 0.15) is 31.0 Å². The molecule has 1 saturated heterocycles. The second kappa shape index (κ2) is 11.3. The number of carbonyl (C=O) groups is 2. The van der Waals surface area contributed by atoms with E-state index in [4.69, 9.17) is 24.5 Å². The molecule has 3 rings (SSSR count). The monoisotopic (exact) mass is 519 g/mol. The first-order chi connectivity index (χ1) is 15.8. The van der Waals surface area contributed by atoms with Crippen molar-refractivity contribution >= 4 is 27.9 Å². The number of ether oxygens (including phenoxy) is 4. The number of esters is 2. The fourth-order valence-electron chi connectivity index (χ4n) is 3.38. The van der Waals surface area contributed by atoms with Crippen molar-refractivity contribution in [2.75, 3.05) is 6.61 Å². The minimum absolute atomic E-state index is 0.0562. The van der Waals surface area contributed by atoms with Crippen molar-refractivity contribution in [1.82, 2.24) is 0 Å². The van der Waals surface area contributed by atoms with E-state index in [0.717, 1.165) is 5.56 Å². The van der Waals surface area contributed by atoms with Gasteiger partial charge in [0, 0.05) is 11.8 Å². The lowest BCUT2D eigenvalue weighted by Crippen LogP contribution is -2.64. The standard InChI is InChI=1S/C22H22BrN3O7/c1-14(27)32-19-17(13-31-21(28)16-10-6-3-7-11-16)33-22(23,29)20(18(19)25-26-24)30-12-15-8-4-2-5-9-15/h2-11,17-20,29H,12-13H2,1H3/t17-,18+,19+,20-,22-/m1/s1. The van der Waals surface area contributed by atoms with E-state index in [1.807, 2.05) is 30.3 Å². The molecular weight excluding hydrogens is 498 g/mol. The molecule has 2 aromatic rings. The third-order valence-electron chi connectivity index (χ3n) is 4.83. The van der Waals surface area contributed by atoms with E-state index in [1.165, 1.54) is 6.92 Å². The Hall–Kier alpha value is -2.95. The van der Waals surface area contributed by atoms with Gasteiger partial charge >= 0.3 is 11.9 Å². The highest BCUT2D eigenvalue weighted by Gasteiger charge is 2.55. The molecule has 0 amide bonds. The van der Waals surface area contributed by atoms with Gasteiger partial charge < -0.3 is 24.1 Å². The van der Waals surface area contributed by atoms with Crippen LogP contribution in [-0.2, 0) is 30.3 Å². The molecule has 2 aromatic carbocycles. The van der Waals surface area contributed by atoms with E-state index in [-0.39, 0.29) is 13.2 Å². The Balaban J connectivity index is 1.81. The summed E-state index contributed by atoms with van der Waals surface area (Å²) in [5.74, 6) is -1.32. The summed E-state index contributed by atoms with van der Waals surface area (Å²) in [4.78, 5) is 26.9. The van der Waals surface area contributed by atoms with Crippen molar-refractivity contribution < 1.29 is 33.6 Å². The van der Waals surface area contributed by atoms with Crippen LogP contribution in [0, 0.1) is 0 Å². The molecule has 1 aliphatic rings. The van der Waals surface area contributed by atoms with Crippen LogP contribution < -0.4 is 0 Å². The van der Waals surface area contributed by atoms with Crippen LogP contribution in [0.5, 0.6) is 0 Å². The number of carbonyl (C=O) groups excluding carboxylic acids is 2. The summed E-state index contributed by atoms with van der Waals surface area (Å²) in [6.07, 6.45) is -3.60. The molecule has 0 aliphatic carbocycles. The minimum atomic E-state index is -2.12. The molecule has 1 heterocycles. The number of hydrogen-bond donors (Lipinski definition) is 1. The number of azide groups is 1. The zero-order valence-electron chi connectivity index (χ0n) is 17.6. The van der Waals surface area contributed by atoms with Crippen LogP contribution in [0.3, 0.4) is 0 Å². The van der Waals surface area contributed by atoms with Gasteiger partial charge in [-0.25, -0.2) is 4.79 Å². The van der Waals surface area contributed by atoms with Crippen LogP contribution in [0.1, 0.15) is 22.8 Å². The zero-order chi connectivity index (χ0) is 23.8. The summed E-state index contributed by atoms with van der Waals surface area (Å²) in [6, 6.07) is 16.2. The van der Waals surface area contributed by atoms with E-state index in [9.17, 15) is 14.7 Å². The highest BCUT2D eigenvalue weighted by Crippen LogP contribution is 2.38. The molecule has 1 aliphatic heterocycles. The Labute approximate surface area is 198 Å². The highest BCUT2D eigenvalue weighted by atomic mass is 79.9. The molecule has 1 N–H and O–H groups in total. The molecule has 11 heteroatoms. The average molecular weight is 520 g/mol. The lowest BCUT2D eigenvalue weighted by molar-refractivity contribution is -0.289. The molecule has 1 fully saturated rings. The van der Waals surface area contributed by atoms with Crippen LogP contribution in [-0.4, -0.2) is 52.7 Å². The quantitative estimate of drug-likeness (QED) is 0.185. The van der Waals surface area contributed by atoms with Gasteiger partial charge in [-0.3, -0.25) is 4.79 Å². The van der Waals surface area contributed by atoms with Crippen molar-refractivity contribution in [3.05, 3.63) is 82.2 Å². The number of benzene rings is 2. The number of nitrogens with zero attached hydrogens (tertiary/aromatic N) is 3. The highest BCUT2D eigenvalue weighted by molar-refractivity contribution is 9.10. The Morgan fingerprint density at radius 2 is 1.82 bits per heavy atom. The van der Waals surface area contributed by atoms with Crippen LogP contribution in [0.15, 0.2) is 65.8 Å². The van der Waals surface area contributed by atoms with Crippen LogP contribution in [0.4, 0.5) is 0 Å². The number of rotatable bonds is 8. The van der Waals surface area contributed by atoms with E-state index in [2.05, 4.69) is 26.0 Å². The molecule has 0 unspecified atom stereocenters. The molecule has 0 bridgehead atoms. The van der Waals surface area contributed by atoms with Crippen molar-refractivity contribution in [3.63, 3.8) is 0 Å². The van der Waals surface area contributed by atoms with Gasteiger partial charge in [-0.05, 0) is 39.2 Å². The maximum Gasteiger partial charge on any atom is 0.338 e. The maximum atomic E-state index is 12.3. The van der Waals surface area contributed by atoms with Crippen molar-refractivity contribution in [1.29, 1.82) is 0 Å². The number of halogens is 1. The van der Waals surface area contributed by atoms with Crippen molar-refractivity contribution in [3.8, 4) is 0 Å². The fourth-order valence-corrected chi connectivity index (χ4v) is 4.02. The molecule has 5 atom stereocenters. The third kappa shape index (κ3) is 6.53. The van der Waals surface area contributed by atoms with E-state index in [1.54, 1.807) is 30.3 Å². The van der Waals surface area contributed by atoms with Crippen molar-refractivity contribution in [2.24, 2.45) is 5.11 Å². The summed E-state index contributed by atoms with van der Waals surface area (Å²) < 4.78 is 20.0. The summed E-state index contributed by atoms with van der Waals surface area (Å²) >= 11 is 3.07. The van der Waals surface area contributed by atoms with E-state index < -0.39 is 41.0 Å². The summed E-state index contributed by atoms with van der Waals surface area (Å²) in [5.41, 5.74) is 10.2. The fraction of sp³-hybridized carbons (Fsp3) is 0.364. The number of aliphatic hydroxyl groups is 1. The van der Waals surface area contributed by atoms with E-state index >= 15 is 0 Å². The SMILES string of the molecule is CC(=O)O[C@@H]1[C@H](N=[N+]=[N-])[C@@H](OCc2ccccc2)[C@](O)(Br)O[C@@H]1COC(=O)c1ccccc1. The first kappa shape index (κ1) is 24.7. The lowest BCUT2D eigenvalue weighted by Gasteiger charge is -2.46. The predicted molar refractivity (Wildman–Crippen MR) is 119 cm³/mol. The van der Waals surface area contributed by atoms with Crippen molar-refractivity contribution in [2.45, 2.75) is 42.6 Å². The topological polar surface area (TPSA) is 140 Å². The summed E-state index contributed by atoms with van der Waals surface area (Å²) in [6.45, 7) is 0.845. The van der Waals surface area contributed by atoms with Gasteiger partial charge in [0.05, 0.1) is 12.2 Å². The first-order valence-electron chi connectivity index (χ1n) is 10.00. The Morgan fingerprint density at radius 3 is 2.42 bits per heavy atom. The van der Waals surface area contributed by atoms with Crippen LogP contribution >= 0.6 is 15.9 Å². The van der Waals surface area contributed by atoms with Gasteiger partial charge in [-0.1, -0.05) is 53.6 Å².